The smallest absolute Gasteiger partial charge is 0.156 e. The van der Waals surface area contributed by atoms with Crippen LogP contribution in [0.1, 0.15) is 37.3 Å². The monoisotopic (exact) mass is 349 g/mol. The first-order valence-corrected chi connectivity index (χ1v) is 8.82. The highest BCUT2D eigenvalue weighted by molar-refractivity contribution is 7.69. The van der Waals surface area contributed by atoms with Crippen molar-refractivity contribution in [1.29, 1.82) is 0 Å². The SMILES string of the molecule is CO[SH](=O)=Nc1ccc2c(c1)OC(C)(C)CC2c1ccc(F)cc1. The first kappa shape index (κ1) is 16.9. The predicted molar refractivity (Wildman–Crippen MR) is 92.6 cm³/mol. The number of nitrogens with zero attached hydrogens (tertiary/aromatic N) is 1. The van der Waals surface area contributed by atoms with Gasteiger partial charge in [-0.15, -0.1) is 0 Å². The zero-order valence-corrected chi connectivity index (χ0v) is 14.7. The molecule has 128 valence electrons. The van der Waals surface area contributed by atoms with E-state index in [-0.39, 0.29) is 17.3 Å². The van der Waals surface area contributed by atoms with Gasteiger partial charge in [-0.3, -0.25) is 4.18 Å². The van der Waals surface area contributed by atoms with Crippen LogP contribution in [0, 0.1) is 5.82 Å². The maximum atomic E-state index is 13.2. The highest BCUT2D eigenvalue weighted by Gasteiger charge is 2.34. The lowest BCUT2D eigenvalue weighted by molar-refractivity contribution is 0.0775. The minimum absolute atomic E-state index is 0.106. The van der Waals surface area contributed by atoms with E-state index < -0.39 is 10.9 Å². The minimum atomic E-state index is -2.07. The highest BCUT2D eigenvalue weighted by atomic mass is 32.2. The number of hydrogen-bond donors (Lipinski definition) is 1. The summed E-state index contributed by atoms with van der Waals surface area (Å²) in [5.41, 5.74) is 2.25. The maximum Gasteiger partial charge on any atom is 0.156 e. The van der Waals surface area contributed by atoms with E-state index >= 15 is 0 Å². The van der Waals surface area contributed by atoms with E-state index in [1.54, 1.807) is 12.1 Å². The Bertz CT molecular complexity index is 827. The summed E-state index contributed by atoms with van der Waals surface area (Å²) in [5.74, 6) is 0.568. The quantitative estimate of drug-likeness (QED) is 0.837. The first-order chi connectivity index (χ1) is 11.4. The molecule has 0 aliphatic carbocycles. The fourth-order valence-electron chi connectivity index (χ4n) is 3.03. The Morgan fingerprint density at radius 1 is 1.25 bits per heavy atom. The van der Waals surface area contributed by atoms with Gasteiger partial charge in [0.15, 0.2) is 10.9 Å². The van der Waals surface area contributed by atoms with E-state index in [2.05, 4.69) is 4.36 Å². The second-order valence-corrected chi connectivity index (χ2v) is 7.45. The maximum absolute atomic E-state index is 13.2. The van der Waals surface area contributed by atoms with Crippen LogP contribution in [0.15, 0.2) is 46.8 Å². The third kappa shape index (κ3) is 3.60. The van der Waals surface area contributed by atoms with Crippen molar-refractivity contribution in [3.8, 4) is 5.75 Å². The Hall–Kier alpha value is -1.92. The largest absolute Gasteiger partial charge is 0.487 e. The van der Waals surface area contributed by atoms with Crippen LogP contribution in [-0.2, 0) is 15.1 Å². The molecule has 0 bridgehead atoms. The Kier molecular flexibility index (Phi) is 4.60. The molecule has 1 heterocycles. The Balaban J connectivity index is 2.06. The summed E-state index contributed by atoms with van der Waals surface area (Å²) in [4.78, 5) is 0. The van der Waals surface area contributed by atoms with Crippen molar-refractivity contribution in [2.45, 2.75) is 31.8 Å². The van der Waals surface area contributed by atoms with Crippen molar-refractivity contribution in [3.63, 3.8) is 0 Å². The number of fused-ring (bicyclic) bond motifs is 1. The van der Waals surface area contributed by atoms with Crippen molar-refractivity contribution < 1.29 is 17.5 Å². The van der Waals surface area contributed by atoms with Gasteiger partial charge in [-0.25, -0.2) is 8.60 Å². The summed E-state index contributed by atoms with van der Waals surface area (Å²) >= 11 is 0. The standard InChI is InChI=1S/C18H20FNO3S/c1-18(2)11-16(12-4-6-13(19)7-5-12)15-9-8-14(10-17(15)23-18)20-24(21)22-3/h4-10,16,24H,11H2,1-3H3. The van der Waals surface area contributed by atoms with Gasteiger partial charge in [0.25, 0.3) is 0 Å². The van der Waals surface area contributed by atoms with E-state index in [9.17, 15) is 8.60 Å². The Morgan fingerprint density at radius 3 is 2.62 bits per heavy atom. The lowest BCUT2D eigenvalue weighted by Gasteiger charge is -2.38. The van der Waals surface area contributed by atoms with Gasteiger partial charge in [-0.2, -0.15) is 4.36 Å². The van der Waals surface area contributed by atoms with Crippen LogP contribution in [0.25, 0.3) is 0 Å². The lowest BCUT2D eigenvalue weighted by Crippen LogP contribution is -2.35. The predicted octanol–water partition coefficient (Wildman–Crippen LogP) is 4.38. The molecule has 0 N–H and O–H groups in total. The van der Waals surface area contributed by atoms with Gasteiger partial charge in [0.2, 0.25) is 0 Å². The van der Waals surface area contributed by atoms with E-state index in [4.69, 9.17) is 8.92 Å². The molecule has 0 fully saturated rings. The molecule has 0 saturated carbocycles. The van der Waals surface area contributed by atoms with Crippen LogP contribution in [-0.4, -0.2) is 16.9 Å². The fourth-order valence-corrected chi connectivity index (χ4v) is 3.42. The topological polar surface area (TPSA) is 47.9 Å². The number of halogens is 1. The summed E-state index contributed by atoms with van der Waals surface area (Å²) in [6.07, 6.45) is 0.786. The van der Waals surface area contributed by atoms with Crippen LogP contribution in [0.5, 0.6) is 5.75 Å². The van der Waals surface area contributed by atoms with E-state index in [0.29, 0.717) is 11.4 Å². The minimum Gasteiger partial charge on any atom is -0.487 e. The molecule has 4 nitrogen and oxygen atoms in total. The van der Waals surface area contributed by atoms with E-state index in [0.717, 1.165) is 17.5 Å². The van der Waals surface area contributed by atoms with Crippen LogP contribution in [0.4, 0.5) is 10.1 Å². The molecule has 0 spiro atoms. The molecule has 2 aromatic rings. The number of thiol groups is 1. The highest BCUT2D eigenvalue weighted by Crippen LogP contribution is 2.45. The summed E-state index contributed by atoms with van der Waals surface area (Å²) < 4.78 is 39.5. The number of benzene rings is 2. The number of ether oxygens (including phenoxy) is 1. The fraction of sp³-hybridized carbons (Fsp3) is 0.333. The number of hydrogen-bond acceptors (Lipinski definition) is 4. The van der Waals surface area contributed by atoms with E-state index in [1.807, 2.05) is 32.0 Å². The molecule has 0 aromatic heterocycles. The molecule has 0 saturated heterocycles. The van der Waals surface area contributed by atoms with Gasteiger partial charge >= 0.3 is 0 Å². The molecule has 6 heteroatoms. The molecule has 0 amide bonds. The van der Waals surface area contributed by atoms with Gasteiger partial charge in [0.05, 0.1) is 12.8 Å². The molecule has 3 rings (SSSR count). The second kappa shape index (κ2) is 6.53. The molecule has 24 heavy (non-hydrogen) atoms. The lowest BCUT2D eigenvalue weighted by atomic mass is 9.80. The second-order valence-electron chi connectivity index (χ2n) is 6.41. The molecular formula is C18H20FNO3S. The molecule has 1 aliphatic heterocycles. The van der Waals surface area contributed by atoms with Crippen molar-refractivity contribution in [1.82, 2.24) is 0 Å². The van der Waals surface area contributed by atoms with Crippen LogP contribution < -0.4 is 4.74 Å². The molecule has 0 radical (unpaired) electrons. The third-order valence-corrected chi connectivity index (χ3v) is 4.79. The average molecular weight is 349 g/mol. The van der Waals surface area contributed by atoms with Crippen LogP contribution in [0.2, 0.25) is 0 Å². The molecular weight excluding hydrogens is 329 g/mol. The van der Waals surface area contributed by atoms with E-state index in [1.165, 1.54) is 19.2 Å². The summed E-state index contributed by atoms with van der Waals surface area (Å²) in [5, 5.41) is 0. The molecule has 2 atom stereocenters. The summed E-state index contributed by atoms with van der Waals surface area (Å²) in [7, 11) is -0.721. The summed E-state index contributed by atoms with van der Waals surface area (Å²) in [6.45, 7) is 4.04. The first-order valence-electron chi connectivity index (χ1n) is 7.69. The van der Waals surface area contributed by atoms with Gasteiger partial charge in [0, 0.05) is 17.5 Å². The normalized spacial score (nSPS) is 20.2. The summed E-state index contributed by atoms with van der Waals surface area (Å²) in [6, 6.07) is 12.1. The third-order valence-electron chi connectivity index (χ3n) is 4.08. The van der Waals surface area contributed by atoms with Gasteiger partial charge in [-0.1, -0.05) is 18.2 Å². The zero-order valence-electron chi connectivity index (χ0n) is 13.8. The molecule has 2 unspecified atom stereocenters. The van der Waals surface area contributed by atoms with Crippen LogP contribution >= 0.6 is 0 Å². The van der Waals surface area contributed by atoms with Gasteiger partial charge in [-0.05, 0) is 44.0 Å². The van der Waals surface area contributed by atoms with Gasteiger partial charge < -0.3 is 4.74 Å². The van der Waals surface area contributed by atoms with Gasteiger partial charge in [0.1, 0.15) is 17.2 Å². The average Bonchev–Trinajstić information content (AvgIpc) is 2.53. The Morgan fingerprint density at radius 2 is 1.96 bits per heavy atom. The molecule has 2 aromatic carbocycles. The van der Waals surface area contributed by atoms with Crippen molar-refractivity contribution in [2.24, 2.45) is 4.36 Å². The zero-order chi connectivity index (χ0) is 17.3. The number of rotatable bonds is 3. The van der Waals surface area contributed by atoms with Crippen molar-refractivity contribution in [3.05, 3.63) is 59.4 Å². The molecule has 1 aliphatic rings. The van der Waals surface area contributed by atoms with Crippen molar-refractivity contribution >= 4 is 16.6 Å². The Labute approximate surface area is 143 Å². The van der Waals surface area contributed by atoms with Crippen molar-refractivity contribution in [2.75, 3.05) is 7.11 Å². The van der Waals surface area contributed by atoms with Crippen LogP contribution in [0.3, 0.4) is 0 Å².